The molecule has 0 unspecified atom stereocenters. The molecule has 2 aromatic rings. The molecule has 0 radical (unpaired) electrons. The van der Waals surface area contributed by atoms with Crippen molar-refractivity contribution in [3.8, 4) is 5.88 Å². The van der Waals surface area contributed by atoms with Crippen LogP contribution in [0.3, 0.4) is 0 Å². The van der Waals surface area contributed by atoms with Gasteiger partial charge in [0.25, 0.3) is 0 Å². The Labute approximate surface area is 120 Å². The molecular weight excluding hydrogens is 278 g/mol. The number of pyridine rings is 1. The van der Waals surface area contributed by atoms with Crippen LogP contribution in [-0.4, -0.2) is 15.8 Å². The third-order valence-corrected chi connectivity index (χ3v) is 5.53. The van der Waals surface area contributed by atoms with E-state index in [9.17, 15) is 4.21 Å². The lowest BCUT2D eigenvalue weighted by Crippen LogP contribution is -2.06. The number of aromatic nitrogens is 1. The number of ether oxygens (including phenoxy) is 1. The Balaban J connectivity index is 2.04. The molecular formula is C14H17NO2S2. The van der Waals surface area contributed by atoms with Crippen LogP contribution in [0.1, 0.15) is 29.7 Å². The summed E-state index contributed by atoms with van der Waals surface area (Å²) in [6.45, 7) is 4.50. The highest BCUT2D eigenvalue weighted by atomic mass is 32.2. The molecule has 19 heavy (non-hydrogen) atoms. The molecule has 0 aromatic carbocycles. The van der Waals surface area contributed by atoms with Crippen LogP contribution in [0.25, 0.3) is 0 Å². The van der Waals surface area contributed by atoms with Crippen LogP contribution < -0.4 is 4.74 Å². The van der Waals surface area contributed by atoms with E-state index in [2.05, 4.69) is 4.98 Å². The SMILES string of the molecule is CCOc1cccc(C[S@@](=O)[C@H](C)c2cccs2)n1. The fourth-order valence-corrected chi connectivity index (χ4v) is 3.88. The predicted octanol–water partition coefficient (Wildman–Crippen LogP) is 3.55. The Morgan fingerprint density at radius 2 is 2.21 bits per heavy atom. The highest BCUT2D eigenvalue weighted by Gasteiger charge is 2.15. The highest BCUT2D eigenvalue weighted by Crippen LogP contribution is 2.25. The first-order valence-corrected chi connectivity index (χ1v) is 8.46. The minimum absolute atomic E-state index is 0.0394. The van der Waals surface area contributed by atoms with E-state index in [0.29, 0.717) is 18.2 Å². The molecule has 2 heterocycles. The first-order chi connectivity index (χ1) is 9.20. The molecule has 0 saturated carbocycles. The van der Waals surface area contributed by atoms with Gasteiger partial charge in [0.1, 0.15) is 0 Å². The first kappa shape index (κ1) is 14.2. The van der Waals surface area contributed by atoms with E-state index in [4.69, 9.17) is 4.74 Å². The lowest BCUT2D eigenvalue weighted by Gasteiger charge is -2.10. The van der Waals surface area contributed by atoms with Crippen molar-refractivity contribution in [2.75, 3.05) is 6.61 Å². The second kappa shape index (κ2) is 6.82. The summed E-state index contributed by atoms with van der Waals surface area (Å²) in [4.78, 5) is 5.51. The monoisotopic (exact) mass is 295 g/mol. The van der Waals surface area contributed by atoms with Gasteiger partial charge < -0.3 is 4.74 Å². The van der Waals surface area contributed by atoms with Gasteiger partial charge in [-0.25, -0.2) is 4.98 Å². The van der Waals surface area contributed by atoms with Gasteiger partial charge in [0.05, 0.1) is 23.3 Å². The fraction of sp³-hybridized carbons (Fsp3) is 0.357. The maximum absolute atomic E-state index is 12.3. The number of hydrogen-bond donors (Lipinski definition) is 0. The van der Waals surface area contributed by atoms with Gasteiger partial charge in [-0.2, -0.15) is 0 Å². The Bertz CT molecular complexity index is 540. The van der Waals surface area contributed by atoms with Crippen LogP contribution >= 0.6 is 11.3 Å². The van der Waals surface area contributed by atoms with E-state index in [-0.39, 0.29) is 5.25 Å². The minimum Gasteiger partial charge on any atom is -0.478 e. The molecule has 0 aliphatic rings. The van der Waals surface area contributed by atoms with E-state index in [0.717, 1.165) is 10.6 Å². The summed E-state index contributed by atoms with van der Waals surface area (Å²) in [6, 6.07) is 9.61. The maximum Gasteiger partial charge on any atom is 0.213 e. The summed E-state index contributed by atoms with van der Waals surface area (Å²) in [5.41, 5.74) is 0.813. The number of rotatable bonds is 6. The third-order valence-electron chi connectivity index (χ3n) is 2.70. The van der Waals surface area contributed by atoms with Gasteiger partial charge >= 0.3 is 0 Å². The first-order valence-electron chi connectivity index (χ1n) is 6.20. The normalized spacial score (nSPS) is 14.0. The molecule has 0 saturated heterocycles. The molecule has 0 spiro atoms. The lowest BCUT2D eigenvalue weighted by atomic mass is 10.4. The second-order valence-corrected chi connectivity index (χ2v) is 6.82. The molecule has 3 nitrogen and oxygen atoms in total. The van der Waals surface area contributed by atoms with Gasteiger partial charge in [-0.15, -0.1) is 11.3 Å². The van der Waals surface area contributed by atoms with Gasteiger partial charge in [-0.1, -0.05) is 12.1 Å². The van der Waals surface area contributed by atoms with E-state index in [1.54, 1.807) is 11.3 Å². The molecule has 2 atom stereocenters. The standard InChI is InChI=1S/C14H17NO2S2/c1-3-17-14-8-4-6-12(15-14)10-19(16)11(2)13-7-5-9-18-13/h4-9,11H,3,10H2,1-2H3/t11-,19-/m1/s1. The third kappa shape index (κ3) is 3.88. The number of hydrogen-bond acceptors (Lipinski definition) is 4. The molecule has 0 aliphatic carbocycles. The summed E-state index contributed by atoms with van der Waals surface area (Å²) in [5.74, 6) is 1.06. The van der Waals surface area contributed by atoms with E-state index < -0.39 is 10.8 Å². The summed E-state index contributed by atoms with van der Waals surface area (Å²) in [6.07, 6.45) is 0. The van der Waals surface area contributed by atoms with Gasteiger partial charge in [0.15, 0.2) is 0 Å². The van der Waals surface area contributed by atoms with Crippen molar-refractivity contribution in [2.24, 2.45) is 0 Å². The predicted molar refractivity (Wildman–Crippen MR) is 80.0 cm³/mol. The van der Waals surface area contributed by atoms with Crippen molar-refractivity contribution < 1.29 is 8.95 Å². The van der Waals surface area contributed by atoms with Crippen LogP contribution in [0.4, 0.5) is 0 Å². The lowest BCUT2D eigenvalue weighted by molar-refractivity contribution is 0.326. The molecule has 5 heteroatoms. The molecule has 2 aromatic heterocycles. The molecule has 2 rings (SSSR count). The number of nitrogens with zero attached hydrogens (tertiary/aromatic N) is 1. The Hall–Kier alpha value is -1.20. The van der Waals surface area contributed by atoms with Crippen LogP contribution in [0, 0.1) is 0 Å². The van der Waals surface area contributed by atoms with E-state index in [1.165, 1.54) is 0 Å². The van der Waals surface area contributed by atoms with E-state index in [1.807, 2.05) is 49.6 Å². The topological polar surface area (TPSA) is 39.2 Å². The zero-order valence-electron chi connectivity index (χ0n) is 11.0. The fourth-order valence-electron chi connectivity index (χ4n) is 1.69. The van der Waals surface area contributed by atoms with Crippen molar-refractivity contribution in [3.05, 3.63) is 46.3 Å². The van der Waals surface area contributed by atoms with Crippen molar-refractivity contribution >= 4 is 22.1 Å². The summed E-state index contributed by atoms with van der Waals surface area (Å²) >= 11 is 1.64. The zero-order chi connectivity index (χ0) is 13.7. The van der Waals surface area contributed by atoms with Crippen molar-refractivity contribution in [2.45, 2.75) is 24.9 Å². The Morgan fingerprint density at radius 1 is 1.37 bits per heavy atom. The highest BCUT2D eigenvalue weighted by molar-refractivity contribution is 7.84. The average Bonchev–Trinajstić information content (AvgIpc) is 2.92. The Kier molecular flexibility index (Phi) is 5.10. The number of thiophene rings is 1. The second-order valence-electron chi connectivity index (χ2n) is 4.08. The molecule has 0 fully saturated rings. The van der Waals surface area contributed by atoms with Crippen LogP contribution in [-0.2, 0) is 16.6 Å². The molecule has 0 aliphatic heterocycles. The summed E-state index contributed by atoms with van der Waals surface area (Å²) < 4.78 is 17.7. The largest absolute Gasteiger partial charge is 0.478 e. The minimum atomic E-state index is -0.965. The zero-order valence-corrected chi connectivity index (χ0v) is 12.7. The van der Waals surface area contributed by atoms with Crippen molar-refractivity contribution in [3.63, 3.8) is 0 Å². The maximum atomic E-state index is 12.3. The summed E-state index contributed by atoms with van der Waals surface area (Å²) in [7, 11) is -0.965. The average molecular weight is 295 g/mol. The molecule has 0 amide bonds. The van der Waals surface area contributed by atoms with Gasteiger partial charge in [-0.3, -0.25) is 4.21 Å². The van der Waals surface area contributed by atoms with Crippen LogP contribution in [0.2, 0.25) is 0 Å². The van der Waals surface area contributed by atoms with Crippen molar-refractivity contribution in [1.82, 2.24) is 4.98 Å². The van der Waals surface area contributed by atoms with E-state index >= 15 is 0 Å². The molecule has 102 valence electrons. The van der Waals surface area contributed by atoms with Gasteiger partial charge in [0, 0.05) is 21.7 Å². The quantitative estimate of drug-likeness (QED) is 0.818. The van der Waals surface area contributed by atoms with Crippen molar-refractivity contribution in [1.29, 1.82) is 0 Å². The molecule has 0 bridgehead atoms. The Morgan fingerprint density at radius 3 is 2.89 bits per heavy atom. The smallest absolute Gasteiger partial charge is 0.213 e. The molecule has 0 N–H and O–H groups in total. The van der Waals surface area contributed by atoms with Gasteiger partial charge in [0.2, 0.25) is 5.88 Å². The summed E-state index contributed by atoms with van der Waals surface area (Å²) in [5, 5.41) is 2.05. The van der Waals surface area contributed by atoms with Gasteiger partial charge in [-0.05, 0) is 31.4 Å². The van der Waals surface area contributed by atoms with Crippen LogP contribution in [0.15, 0.2) is 35.7 Å². The van der Waals surface area contributed by atoms with Crippen LogP contribution in [0.5, 0.6) is 5.88 Å².